The summed E-state index contributed by atoms with van der Waals surface area (Å²) in [4.78, 5) is 49.6. The summed E-state index contributed by atoms with van der Waals surface area (Å²) in [6.45, 7) is 9.33. The fourth-order valence-corrected chi connectivity index (χ4v) is 3.14. The highest BCUT2D eigenvalue weighted by Gasteiger charge is 2.27. The van der Waals surface area contributed by atoms with Gasteiger partial charge in [0.05, 0.1) is 6.04 Å². The highest BCUT2D eigenvalue weighted by Crippen LogP contribution is 2.11. The Balaban J connectivity index is 2.37. The monoisotopic (exact) mass is 409 g/mol. The summed E-state index contributed by atoms with van der Waals surface area (Å²) >= 11 is 0. The van der Waals surface area contributed by atoms with Crippen LogP contribution in [-0.4, -0.2) is 58.4 Å². The van der Waals surface area contributed by atoms with Crippen molar-refractivity contribution in [2.45, 2.75) is 78.6 Å². The maximum absolute atomic E-state index is 12.5. The second kappa shape index (κ2) is 11.7. The van der Waals surface area contributed by atoms with E-state index in [1.54, 1.807) is 20.8 Å². The molecule has 164 valence electrons. The first-order valence-electron chi connectivity index (χ1n) is 10.3. The molecule has 29 heavy (non-hydrogen) atoms. The van der Waals surface area contributed by atoms with Crippen LogP contribution >= 0.6 is 0 Å². The van der Waals surface area contributed by atoms with Gasteiger partial charge in [-0.1, -0.05) is 34.1 Å². The molecular weight excluding hydrogens is 374 g/mol. The first kappa shape index (κ1) is 24.8. The Bertz CT molecular complexity index is 630. The van der Waals surface area contributed by atoms with Gasteiger partial charge in [-0.2, -0.15) is 0 Å². The van der Waals surface area contributed by atoms with E-state index in [-0.39, 0.29) is 41.8 Å². The predicted molar refractivity (Wildman–Crippen MR) is 110 cm³/mol. The van der Waals surface area contributed by atoms with Gasteiger partial charge in [0.1, 0.15) is 12.3 Å². The molecule has 1 unspecified atom stereocenters. The van der Waals surface area contributed by atoms with Crippen LogP contribution in [0, 0.1) is 11.8 Å². The Morgan fingerprint density at radius 2 is 1.72 bits per heavy atom. The SMILES string of the molecule is CC(C)C(=O)[C@H](C)NC(=O)[C@@H](NC(=O)CCCCCN1C(=O)C=CC1O)C(C)C. The van der Waals surface area contributed by atoms with E-state index < -0.39 is 18.3 Å². The summed E-state index contributed by atoms with van der Waals surface area (Å²) in [6, 6.07) is -1.30. The van der Waals surface area contributed by atoms with E-state index >= 15 is 0 Å². The van der Waals surface area contributed by atoms with E-state index in [9.17, 15) is 24.3 Å². The number of hydrogen-bond acceptors (Lipinski definition) is 5. The van der Waals surface area contributed by atoms with Crippen LogP contribution in [0.3, 0.4) is 0 Å². The third-order valence-corrected chi connectivity index (χ3v) is 4.94. The van der Waals surface area contributed by atoms with Gasteiger partial charge < -0.3 is 20.6 Å². The van der Waals surface area contributed by atoms with Gasteiger partial charge in [-0.15, -0.1) is 0 Å². The lowest BCUT2D eigenvalue weighted by Crippen LogP contribution is -2.53. The zero-order chi connectivity index (χ0) is 22.1. The Kier molecular flexibility index (Phi) is 10.0. The lowest BCUT2D eigenvalue weighted by molar-refractivity contribution is -0.133. The number of unbranched alkanes of at least 4 members (excludes halogenated alkanes) is 2. The molecule has 1 aliphatic rings. The number of amides is 3. The lowest BCUT2D eigenvalue weighted by atomic mass is 10.00. The molecule has 0 bridgehead atoms. The van der Waals surface area contributed by atoms with E-state index in [0.717, 1.165) is 6.42 Å². The predicted octanol–water partition coefficient (Wildman–Crippen LogP) is 1.13. The second-order valence-corrected chi connectivity index (χ2v) is 8.19. The van der Waals surface area contributed by atoms with Gasteiger partial charge in [0, 0.05) is 25.0 Å². The minimum Gasteiger partial charge on any atom is -0.370 e. The van der Waals surface area contributed by atoms with Crippen LogP contribution in [0.1, 0.15) is 60.3 Å². The first-order valence-corrected chi connectivity index (χ1v) is 10.3. The maximum atomic E-state index is 12.5. The molecule has 0 aromatic rings. The number of hydrogen-bond donors (Lipinski definition) is 3. The number of Topliss-reactive ketones (excluding diaryl/α,β-unsaturated/α-hetero) is 1. The molecule has 0 saturated heterocycles. The summed E-state index contributed by atoms with van der Waals surface area (Å²) in [5.74, 6) is -1.12. The minimum atomic E-state index is -0.860. The molecule has 3 N–H and O–H groups in total. The third kappa shape index (κ3) is 7.97. The van der Waals surface area contributed by atoms with Crippen molar-refractivity contribution < 1.29 is 24.3 Å². The van der Waals surface area contributed by atoms with Crippen LogP contribution in [0.25, 0.3) is 0 Å². The van der Waals surface area contributed by atoms with Crippen molar-refractivity contribution in [1.29, 1.82) is 0 Å². The molecule has 8 heteroatoms. The molecule has 0 spiro atoms. The number of rotatable bonds is 12. The smallest absolute Gasteiger partial charge is 0.248 e. The van der Waals surface area contributed by atoms with E-state index in [1.807, 2.05) is 13.8 Å². The second-order valence-electron chi connectivity index (χ2n) is 8.19. The molecule has 0 aliphatic carbocycles. The molecule has 3 amide bonds. The number of carbonyl (C=O) groups excluding carboxylic acids is 4. The van der Waals surface area contributed by atoms with Crippen LogP contribution in [0.4, 0.5) is 0 Å². The number of aliphatic hydroxyl groups is 1. The standard InChI is InChI=1S/C21H35N3O5/c1-13(2)19(21(29)22-15(5)20(28)14(3)4)23-16(25)9-7-6-8-12-24-17(26)10-11-18(24)27/h10-11,13-15,17,19,26H,6-9,12H2,1-5H3,(H,22,29)(H,23,25)/t15-,17?,19-/m0/s1. The molecule has 0 radical (unpaired) electrons. The zero-order valence-electron chi connectivity index (χ0n) is 18.1. The zero-order valence-corrected chi connectivity index (χ0v) is 18.1. The Labute approximate surface area is 173 Å². The number of nitrogens with zero attached hydrogens (tertiary/aromatic N) is 1. The van der Waals surface area contributed by atoms with Crippen LogP contribution < -0.4 is 10.6 Å². The topological polar surface area (TPSA) is 116 Å². The molecule has 0 aromatic carbocycles. The largest absolute Gasteiger partial charge is 0.370 e. The van der Waals surface area contributed by atoms with E-state index in [0.29, 0.717) is 19.4 Å². The van der Waals surface area contributed by atoms with Crippen molar-refractivity contribution >= 4 is 23.5 Å². The first-order chi connectivity index (χ1) is 13.5. The molecule has 1 rings (SSSR count). The average Bonchev–Trinajstić information content (AvgIpc) is 2.96. The Morgan fingerprint density at radius 3 is 2.24 bits per heavy atom. The van der Waals surface area contributed by atoms with Crippen molar-refractivity contribution in [3.63, 3.8) is 0 Å². The van der Waals surface area contributed by atoms with Gasteiger partial charge in [-0.05, 0) is 31.8 Å². The molecule has 3 atom stereocenters. The van der Waals surface area contributed by atoms with Crippen molar-refractivity contribution in [1.82, 2.24) is 15.5 Å². The molecular formula is C21H35N3O5. The fourth-order valence-electron chi connectivity index (χ4n) is 3.14. The number of ketones is 1. The number of aliphatic hydroxyl groups excluding tert-OH is 1. The summed E-state index contributed by atoms with van der Waals surface area (Å²) in [6.07, 6.45) is 4.23. The van der Waals surface area contributed by atoms with Gasteiger partial charge in [0.15, 0.2) is 5.78 Å². The molecule has 0 aromatic heterocycles. The van der Waals surface area contributed by atoms with Crippen molar-refractivity contribution in [3.05, 3.63) is 12.2 Å². The summed E-state index contributed by atoms with van der Waals surface area (Å²) in [5.41, 5.74) is 0. The van der Waals surface area contributed by atoms with Gasteiger partial charge in [0.25, 0.3) is 0 Å². The van der Waals surface area contributed by atoms with Gasteiger partial charge in [-0.25, -0.2) is 0 Å². The van der Waals surface area contributed by atoms with Crippen molar-refractivity contribution in [2.75, 3.05) is 6.54 Å². The fraction of sp³-hybridized carbons (Fsp3) is 0.714. The highest BCUT2D eigenvalue weighted by molar-refractivity contribution is 5.93. The summed E-state index contributed by atoms with van der Waals surface area (Å²) in [5, 5.41) is 15.1. The van der Waals surface area contributed by atoms with E-state index in [4.69, 9.17) is 0 Å². The normalized spacial score (nSPS) is 18.3. The third-order valence-electron chi connectivity index (χ3n) is 4.94. The van der Waals surface area contributed by atoms with Crippen LogP contribution in [-0.2, 0) is 19.2 Å². The highest BCUT2D eigenvalue weighted by atomic mass is 16.3. The van der Waals surface area contributed by atoms with Gasteiger partial charge in [0.2, 0.25) is 17.7 Å². The summed E-state index contributed by atoms with van der Waals surface area (Å²) in [7, 11) is 0. The van der Waals surface area contributed by atoms with Crippen LogP contribution in [0.2, 0.25) is 0 Å². The Morgan fingerprint density at radius 1 is 1.07 bits per heavy atom. The lowest BCUT2D eigenvalue weighted by Gasteiger charge is -2.24. The molecule has 0 fully saturated rings. The van der Waals surface area contributed by atoms with Gasteiger partial charge in [-0.3, -0.25) is 19.2 Å². The van der Waals surface area contributed by atoms with Crippen molar-refractivity contribution in [3.8, 4) is 0 Å². The quantitative estimate of drug-likeness (QED) is 0.418. The summed E-state index contributed by atoms with van der Waals surface area (Å²) < 4.78 is 0. The number of carbonyl (C=O) groups is 4. The van der Waals surface area contributed by atoms with Crippen LogP contribution in [0.15, 0.2) is 12.2 Å². The molecule has 8 nitrogen and oxygen atoms in total. The van der Waals surface area contributed by atoms with E-state index in [2.05, 4.69) is 10.6 Å². The minimum absolute atomic E-state index is 0.0519. The average molecular weight is 410 g/mol. The van der Waals surface area contributed by atoms with Gasteiger partial charge >= 0.3 is 0 Å². The van der Waals surface area contributed by atoms with Crippen LogP contribution in [0.5, 0.6) is 0 Å². The maximum Gasteiger partial charge on any atom is 0.248 e. The van der Waals surface area contributed by atoms with Crippen molar-refractivity contribution in [2.24, 2.45) is 11.8 Å². The molecule has 1 heterocycles. The molecule has 0 saturated carbocycles. The van der Waals surface area contributed by atoms with E-state index in [1.165, 1.54) is 17.1 Å². The molecule has 1 aliphatic heterocycles. The number of nitrogens with one attached hydrogen (secondary N) is 2. The Hall–Kier alpha value is -2.22.